The lowest BCUT2D eigenvalue weighted by molar-refractivity contribution is 0.188. The lowest BCUT2D eigenvalue weighted by Crippen LogP contribution is -2.06. The van der Waals surface area contributed by atoms with Gasteiger partial charge in [-0.2, -0.15) is 0 Å². The smallest absolute Gasteiger partial charge is 0.141 e. The molecular formula is C17H17ClN2O. The summed E-state index contributed by atoms with van der Waals surface area (Å²) in [6.07, 6.45) is 0. The van der Waals surface area contributed by atoms with Gasteiger partial charge in [0.05, 0.1) is 17.6 Å². The van der Waals surface area contributed by atoms with Crippen molar-refractivity contribution in [2.24, 2.45) is 0 Å². The van der Waals surface area contributed by atoms with E-state index in [4.69, 9.17) is 21.3 Å². The molecule has 0 saturated carbocycles. The van der Waals surface area contributed by atoms with E-state index in [0.29, 0.717) is 6.61 Å². The number of hydrogen-bond acceptors (Lipinski definition) is 2. The maximum absolute atomic E-state index is 6.14. The molecule has 0 saturated heterocycles. The van der Waals surface area contributed by atoms with Crippen molar-refractivity contribution in [2.75, 3.05) is 13.7 Å². The van der Waals surface area contributed by atoms with Crippen molar-refractivity contribution in [3.63, 3.8) is 0 Å². The Morgan fingerprint density at radius 1 is 1.19 bits per heavy atom. The Morgan fingerprint density at radius 2 is 2.00 bits per heavy atom. The Kier molecular flexibility index (Phi) is 3.95. The molecule has 0 aliphatic heterocycles. The summed E-state index contributed by atoms with van der Waals surface area (Å²) in [5, 5.41) is 0.720. The molecule has 0 radical (unpaired) electrons. The minimum absolute atomic E-state index is 0.636. The summed E-state index contributed by atoms with van der Waals surface area (Å²) in [6.45, 7) is 3.48. The van der Waals surface area contributed by atoms with Gasteiger partial charge >= 0.3 is 0 Å². The molecule has 0 spiro atoms. The van der Waals surface area contributed by atoms with Crippen molar-refractivity contribution in [1.82, 2.24) is 9.55 Å². The lowest BCUT2D eigenvalue weighted by atomic mass is 10.1. The number of rotatable bonds is 4. The lowest BCUT2D eigenvalue weighted by Gasteiger charge is -2.10. The SMILES string of the molecule is COCCn1c(-c2ccccc2C)nc2ccc(Cl)cc21. The molecule has 0 bridgehead atoms. The van der Waals surface area contributed by atoms with Crippen LogP contribution in [0.15, 0.2) is 42.5 Å². The molecule has 0 unspecified atom stereocenters. The topological polar surface area (TPSA) is 27.1 Å². The molecule has 2 aromatic carbocycles. The van der Waals surface area contributed by atoms with Crippen LogP contribution in [0.25, 0.3) is 22.4 Å². The number of fused-ring (bicyclic) bond motifs is 1. The molecule has 3 rings (SSSR count). The maximum atomic E-state index is 6.14. The Balaban J connectivity index is 2.23. The fourth-order valence-corrected chi connectivity index (χ4v) is 2.70. The zero-order valence-corrected chi connectivity index (χ0v) is 12.9. The first-order chi connectivity index (χ1) is 10.2. The van der Waals surface area contributed by atoms with E-state index in [0.717, 1.165) is 34.0 Å². The zero-order chi connectivity index (χ0) is 14.8. The van der Waals surface area contributed by atoms with Gasteiger partial charge in [0.15, 0.2) is 0 Å². The summed E-state index contributed by atoms with van der Waals surface area (Å²) in [4.78, 5) is 4.79. The van der Waals surface area contributed by atoms with Gasteiger partial charge in [-0.15, -0.1) is 0 Å². The monoisotopic (exact) mass is 300 g/mol. The average molecular weight is 301 g/mol. The van der Waals surface area contributed by atoms with E-state index in [1.165, 1.54) is 5.56 Å². The molecule has 21 heavy (non-hydrogen) atoms. The van der Waals surface area contributed by atoms with E-state index in [2.05, 4.69) is 23.6 Å². The first kappa shape index (κ1) is 14.1. The highest BCUT2D eigenvalue weighted by atomic mass is 35.5. The van der Waals surface area contributed by atoms with Gasteiger partial charge < -0.3 is 9.30 Å². The van der Waals surface area contributed by atoms with Crippen LogP contribution in [-0.2, 0) is 11.3 Å². The highest BCUT2D eigenvalue weighted by molar-refractivity contribution is 6.31. The number of imidazole rings is 1. The van der Waals surface area contributed by atoms with Crippen molar-refractivity contribution in [2.45, 2.75) is 13.5 Å². The number of aryl methyl sites for hydroxylation is 1. The fourth-order valence-electron chi connectivity index (χ4n) is 2.53. The van der Waals surface area contributed by atoms with E-state index < -0.39 is 0 Å². The standard InChI is InChI=1S/C17H17ClN2O/c1-12-5-3-4-6-14(12)17-19-15-8-7-13(18)11-16(15)20(17)9-10-21-2/h3-8,11H,9-10H2,1-2H3. The molecule has 3 aromatic rings. The van der Waals surface area contributed by atoms with Gasteiger partial charge in [0.1, 0.15) is 5.82 Å². The summed E-state index contributed by atoms with van der Waals surface area (Å²) >= 11 is 6.14. The number of nitrogens with zero attached hydrogens (tertiary/aromatic N) is 2. The number of benzene rings is 2. The van der Waals surface area contributed by atoms with Gasteiger partial charge in [0.25, 0.3) is 0 Å². The first-order valence-corrected chi connectivity index (χ1v) is 7.29. The second-order valence-electron chi connectivity index (χ2n) is 5.03. The van der Waals surface area contributed by atoms with Crippen LogP contribution in [-0.4, -0.2) is 23.3 Å². The van der Waals surface area contributed by atoms with Gasteiger partial charge in [-0.25, -0.2) is 4.98 Å². The summed E-state index contributed by atoms with van der Waals surface area (Å²) in [7, 11) is 1.71. The van der Waals surface area contributed by atoms with E-state index in [9.17, 15) is 0 Å². The molecule has 0 N–H and O–H groups in total. The van der Waals surface area contributed by atoms with E-state index in [-0.39, 0.29) is 0 Å². The Morgan fingerprint density at radius 3 is 2.76 bits per heavy atom. The number of ether oxygens (including phenoxy) is 1. The van der Waals surface area contributed by atoms with Crippen LogP contribution in [0.4, 0.5) is 0 Å². The Bertz CT molecular complexity index is 780. The predicted molar refractivity (Wildman–Crippen MR) is 86.8 cm³/mol. The Labute approximate surface area is 129 Å². The van der Waals surface area contributed by atoms with Gasteiger partial charge in [0.2, 0.25) is 0 Å². The van der Waals surface area contributed by atoms with Crippen molar-refractivity contribution >= 4 is 22.6 Å². The molecule has 1 heterocycles. The van der Waals surface area contributed by atoms with Crippen LogP contribution in [0.3, 0.4) is 0 Å². The highest BCUT2D eigenvalue weighted by Crippen LogP contribution is 2.28. The normalized spacial score (nSPS) is 11.2. The third-order valence-electron chi connectivity index (χ3n) is 3.62. The fraction of sp³-hybridized carbons (Fsp3) is 0.235. The van der Waals surface area contributed by atoms with Crippen molar-refractivity contribution in [1.29, 1.82) is 0 Å². The van der Waals surface area contributed by atoms with Crippen molar-refractivity contribution in [3.8, 4) is 11.4 Å². The molecule has 1 aromatic heterocycles. The minimum atomic E-state index is 0.636. The van der Waals surface area contributed by atoms with E-state index >= 15 is 0 Å². The summed E-state index contributed by atoms with van der Waals surface area (Å²) in [5.41, 5.74) is 4.34. The second-order valence-corrected chi connectivity index (χ2v) is 5.46. The van der Waals surface area contributed by atoms with E-state index in [1.807, 2.05) is 30.3 Å². The third kappa shape index (κ3) is 2.67. The zero-order valence-electron chi connectivity index (χ0n) is 12.1. The number of methoxy groups -OCH3 is 1. The predicted octanol–water partition coefficient (Wildman–Crippen LogP) is 4.31. The average Bonchev–Trinajstić information content (AvgIpc) is 2.83. The van der Waals surface area contributed by atoms with Crippen LogP contribution >= 0.6 is 11.6 Å². The van der Waals surface area contributed by atoms with Gasteiger partial charge in [-0.3, -0.25) is 0 Å². The molecule has 0 aliphatic rings. The largest absolute Gasteiger partial charge is 0.383 e. The minimum Gasteiger partial charge on any atom is -0.383 e. The molecule has 108 valence electrons. The van der Waals surface area contributed by atoms with Crippen molar-refractivity contribution < 1.29 is 4.74 Å². The number of halogens is 1. The summed E-state index contributed by atoms with van der Waals surface area (Å²) in [6, 6.07) is 14.1. The highest BCUT2D eigenvalue weighted by Gasteiger charge is 2.14. The molecule has 0 atom stereocenters. The van der Waals surface area contributed by atoms with Crippen LogP contribution in [0.1, 0.15) is 5.56 Å². The summed E-state index contributed by atoms with van der Waals surface area (Å²) in [5.74, 6) is 0.961. The number of aromatic nitrogens is 2. The number of hydrogen-bond donors (Lipinski definition) is 0. The summed E-state index contributed by atoms with van der Waals surface area (Å²) < 4.78 is 7.41. The van der Waals surface area contributed by atoms with Crippen molar-refractivity contribution in [3.05, 3.63) is 53.1 Å². The first-order valence-electron chi connectivity index (χ1n) is 6.91. The van der Waals surface area contributed by atoms with Crippen LogP contribution in [0.5, 0.6) is 0 Å². The van der Waals surface area contributed by atoms with Crippen LogP contribution in [0.2, 0.25) is 5.02 Å². The molecular weight excluding hydrogens is 284 g/mol. The van der Waals surface area contributed by atoms with Crippen LogP contribution < -0.4 is 0 Å². The third-order valence-corrected chi connectivity index (χ3v) is 3.85. The van der Waals surface area contributed by atoms with Gasteiger partial charge in [0, 0.05) is 24.2 Å². The molecule has 3 nitrogen and oxygen atoms in total. The van der Waals surface area contributed by atoms with E-state index in [1.54, 1.807) is 7.11 Å². The maximum Gasteiger partial charge on any atom is 0.141 e. The van der Waals surface area contributed by atoms with Gasteiger partial charge in [-0.05, 0) is 30.7 Å². The molecule has 0 amide bonds. The molecule has 0 aliphatic carbocycles. The van der Waals surface area contributed by atoms with Gasteiger partial charge in [-0.1, -0.05) is 35.9 Å². The molecule has 0 fully saturated rings. The molecule has 4 heteroatoms. The Hall–Kier alpha value is -1.84. The van der Waals surface area contributed by atoms with Crippen LogP contribution in [0, 0.1) is 6.92 Å². The second kappa shape index (κ2) is 5.88. The quantitative estimate of drug-likeness (QED) is 0.718.